The van der Waals surface area contributed by atoms with Gasteiger partial charge in [0.05, 0.1) is 11.4 Å². The van der Waals surface area contributed by atoms with Crippen molar-refractivity contribution < 1.29 is 4.79 Å². The summed E-state index contributed by atoms with van der Waals surface area (Å²) >= 11 is 1.42. The molecule has 2 aromatic heterocycles. The maximum Gasteiger partial charge on any atom is 0.230 e. The number of aryl methyl sites for hydroxylation is 2. The number of hydrogen-bond donors (Lipinski definition) is 1. The van der Waals surface area contributed by atoms with E-state index < -0.39 is 0 Å². The van der Waals surface area contributed by atoms with Crippen molar-refractivity contribution >= 4 is 17.7 Å². The van der Waals surface area contributed by atoms with Crippen molar-refractivity contribution in [2.24, 2.45) is 0 Å². The van der Waals surface area contributed by atoms with E-state index in [9.17, 15) is 4.79 Å². The van der Waals surface area contributed by atoms with Gasteiger partial charge in [-0.2, -0.15) is 0 Å². The average molecular weight is 438 g/mol. The van der Waals surface area contributed by atoms with E-state index >= 15 is 0 Å². The molecule has 0 aliphatic heterocycles. The number of nitrogens with one attached hydrogen (secondary N) is 1. The fraction of sp³-hybridized carbons (Fsp3) is 0.417. The van der Waals surface area contributed by atoms with E-state index in [0.717, 1.165) is 42.8 Å². The zero-order valence-electron chi connectivity index (χ0n) is 18.8. The molecule has 1 amide bonds. The van der Waals surface area contributed by atoms with Crippen LogP contribution in [0.4, 0.5) is 0 Å². The maximum absolute atomic E-state index is 12.5. The van der Waals surface area contributed by atoms with Crippen LogP contribution in [0.25, 0.3) is 17.1 Å². The van der Waals surface area contributed by atoms with Crippen LogP contribution in [0.3, 0.4) is 0 Å². The number of para-hydroxylation sites is 1. The van der Waals surface area contributed by atoms with E-state index in [2.05, 4.69) is 64.0 Å². The average Bonchev–Trinajstić information content (AvgIpc) is 3.21. The van der Waals surface area contributed by atoms with Crippen LogP contribution in [0, 0.1) is 0 Å². The lowest BCUT2D eigenvalue weighted by Gasteiger charge is -2.18. The first kappa shape index (κ1) is 23.0. The second kappa shape index (κ2) is 11.1. The summed E-state index contributed by atoms with van der Waals surface area (Å²) in [5.41, 5.74) is 4.47. The van der Waals surface area contributed by atoms with Crippen molar-refractivity contribution in [3.05, 3.63) is 53.9 Å². The summed E-state index contributed by atoms with van der Waals surface area (Å²) in [6.07, 6.45) is 7.36. The number of carbonyl (C=O) groups excluding carboxylic acids is 1. The second-order valence-electron chi connectivity index (χ2n) is 7.56. The van der Waals surface area contributed by atoms with Crippen molar-refractivity contribution in [1.82, 2.24) is 25.1 Å². The molecule has 0 saturated heterocycles. The monoisotopic (exact) mass is 437 g/mol. The Labute approximate surface area is 188 Å². The lowest BCUT2D eigenvalue weighted by atomic mass is 10.0. The summed E-state index contributed by atoms with van der Waals surface area (Å²) in [5.74, 6) is 1.06. The molecule has 6 nitrogen and oxygen atoms in total. The van der Waals surface area contributed by atoms with Gasteiger partial charge in [0.15, 0.2) is 11.0 Å². The predicted molar refractivity (Wildman–Crippen MR) is 127 cm³/mol. The smallest absolute Gasteiger partial charge is 0.230 e. The molecule has 0 fully saturated rings. The third-order valence-electron chi connectivity index (χ3n) is 5.20. The van der Waals surface area contributed by atoms with Gasteiger partial charge in [-0.05, 0) is 49.4 Å². The number of carbonyl (C=O) groups is 1. The van der Waals surface area contributed by atoms with Gasteiger partial charge in [-0.3, -0.25) is 14.3 Å². The van der Waals surface area contributed by atoms with Crippen LogP contribution >= 0.6 is 11.8 Å². The summed E-state index contributed by atoms with van der Waals surface area (Å²) in [7, 11) is 0. The number of rotatable bonds is 10. The zero-order valence-corrected chi connectivity index (χ0v) is 19.6. The highest BCUT2D eigenvalue weighted by Crippen LogP contribution is 2.32. The lowest BCUT2D eigenvalue weighted by Crippen LogP contribution is -2.33. The number of benzene rings is 1. The van der Waals surface area contributed by atoms with Crippen LogP contribution in [-0.2, 0) is 17.6 Å². The summed E-state index contributed by atoms with van der Waals surface area (Å²) in [5, 5.41) is 12.8. The van der Waals surface area contributed by atoms with E-state index in [1.807, 2.05) is 19.1 Å². The number of hydrogen-bond acceptors (Lipinski definition) is 5. The van der Waals surface area contributed by atoms with Crippen molar-refractivity contribution in [3.63, 3.8) is 0 Å². The Morgan fingerprint density at radius 1 is 1.10 bits per heavy atom. The van der Waals surface area contributed by atoms with Crippen LogP contribution in [0.15, 0.2) is 47.9 Å². The molecule has 0 spiro atoms. The van der Waals surface area contributed by atoms with Crippen LogP contribution in [-0.4, -0.2) is 37.5 Å². The van der Waals surface area contributed by atoms with Gasteiger partial charge in [0, 0.05) is 24.0 Å². The van der Waals surface area contributed by atoms with E-state index in [4.69, 9.17) is 0 Å². The first-order valence-electron chi connectivity index (χ1n) is 11.0. The molecule has 7 heteroatoms. The topological polar surface area (TPSA) is 72.7 Å². The maximum atomic E-state index is 12.5. The Balaban J connectivity index is 2.01. The van der Waals surface area contributed by atoms with Gasteiger partial charge in [0.1, 0.15) is 0 Å². The number of pyridine rings is 1. The van der Waals surface area contributed by atoms with Gasteiger partial charge in [0.2, 0.25) is 5.91 Å². The fourth-order valence-corrected chi connectivity index (χ4v) is 4.45. The Bertz CT molecular complexity index is 980. The van der Waals surface area contributed by atoms with E-state index in [1.54, 1.807) is 12.4 Å². The normalized spacial score (nSPS) is 12.0. The zero-order chi connectivity index (χ0) is 22.2. The molecule has 0 unspecified atom stereocenters. The van der Waals surface area contributed by atoms with Gasteiger partial charge < -0.3 is 5.32 Å². The third kappa shape index (κ3) is 5.53. The highest BCUT2D eigenvalue weighted by Gasteiger charge is 2.21. The van der Waals surface area contributed by atoms with Crippen LogP contribution < -0.4 is 5.32 Å². The first-order valence-corrected chi connectivity index (χ1v) is 12.0. The van der Waals surface area contributed by atoms with E-state index in [0.29, 0.717) is 10.9 Å². The van der Waals surface area contributed by atoms with Crippen LogP contribution in [0.2, 0.25) is 0 Å². The molecule has 3 rings (SSSR count). The number of amides is 1. The predicted octanol–water partition coefficient (Wildman–Crippen LogP) is 4.85. The second-order valence-corrected chi connectivity index (χ2v) is 8.50. The Morgan fingerprint density at radius 2 is 1.84 bits per heavy atom. The molecule has 0 saturated carbocycles. The highest BCUT2D eigenvalue weighted by atomic mass is 32.2. The molecule has 1 atom stereocenters. The number of thioether (sulfide) groups is 1. The molecule has 2 heterocycles. The minimum atomic E-state index is 0.0166. The van der Waals surface area contributed by atoms with Crippen molar-refractivity contribution in [2.45, 2.75) is 64.6 Å². The highest BCUT2D eigenvalue weighted by molar-refractivity contribution is 7.99. The molecular formula is C24H31N5OS. The standard InChI is InChI=1S/C24H31N5OS/c1-5-10-17(4)26-21(30)16-31-24-28-27-23(20-13-9-14-25-15-20)29(24)22-18(6-2)11-8-12-19(22)7-3/h8-9,11-15,17H,5-7,10,16H2,1-4H3,(H,26,30)/t17-/m0/s1. The molecule has 3 aromatic rings. The SMILES string of the molecule is CCC[C@H](C)NC(=O)CSc1nnc(-c2cccnc2)n1-c1c(CC)cccc1CC. The molecule has 1 N–H and O–H groups in total. The molecular weight excluding hydrogens is 406 g/mol. The van der Waals surface area contributed by atoms with Gasteiger partial charge in [-0.25, -0.2) is 0 Å². The van der Waals surface area contributed by atoms with Crippen molar-refractivity contribution in [3.8, 4) is 17.1 Å². The minimum absolute atomic E-state index is 0.0166. The third-order valence-corrected chi connectivity index (χ3v) is 6.13. The van der Waals surface area contributed by atoms with E-state index in [1.165, 1.54) is 22.9 Å². The van der Waals surface area contributed by atoms with Crippen molar-refractivity contribution in [2.75, 3.05) is 5.75 Å². The fourth-order valence-electron chi connectivity index (χ4n) is 3.70. The summed E-state index contributed by atoms with van der Waals surface area (Å²) in [4.78, 5) is 16.7. The first-order chi connectivity index (χ1) is 15.1. The number of nitrogens with zero attached hydrogens (tertiary/aromatic N) is 4. The van der Waals surface area contributed by atoms with Gasteiger partial charge in [-0.15, -0.1) is 10.2 Å². The molecule has 0 radical (unpaired) electrons. The van der Waals surface area contributed by atoms with Crippen LogP contribution in [0.5, 0.6) is 0 Å². The summed E-state index contributed by atoms with van der Waals surface area (Å²) in [6.45, 7) is 8.47. The Hall–Kier alpha value is -2.67. The van der Waals surface area contributed by atoms with Crippen molar-refractivity contribution in [1.29, 1.82) is 0 Å². The minimum Gasteiger partial charge on any atom is -0.353 e. The lowest BCUT2D eigenvalue weighted by molar-refractivity contribution is -0.119. The molecule has 31 heavy (non-hydrogen) atoms. The van der Waals surface area contributed by atoms with Gasteiger partial charge in [0.25, 0.3) is 0 Å². The molecule has 0 aliphatic rings. The molecule has 164 valence electrons. The largest absolute Gasteiger partial charge is 0.353 e. The van der Waals surface area contributed by atoms with E-state index in [-0.39, 0.29) is 11.9 Å². The van der Waals surface area contributed by atoms with Crippen LogP contribution in [0.1, 0.15) is 51.7 Å². The van der Waals surface area contributed by atoms with Gasteiger partial charge in [-0.1, -0.05) is 57.2 Å². The quantitative estimate of drug-likeness (QED) is 0.459. The van der Waals surface area contributed by atoms with Gasteiger partial charge >= 0.3 is 0 Å². The summed E-state index contributed by atoms with van der Waals surface area (Å²) < 4.78 is 2.10. The Morgan fingerprint density at radius 3 is 2.45 bits per heavy atom. The summed E-state index contributed by atoms with van der Waals surface area (Å²) in [6, 6.07) is 10.5. The number of aromatic nitrogens is 4. The molecule has 0 bridgehead atoms. The molecule has 1 aromatic carbocycles. The molecule has 0 aliphatic carbocycles. The Kier molecular flexibility index (Phi) is 8.23.